The molecule has 1 saturated carbocycles. The normalized spacial score (nSPS) is 26.6. The summed E-state index contributed by atoms with van der Waals surface area (Å²) < 4.78 is 18.9. The number of aliphatic hydroxyl groups excluding tert-OH is 1. The zero-order valence-corrected chi connectivity index (χ0v) is 15.6. The number of carbonyl (C=O) groups is 1. The summed E-state index contributed by atoms with van der Waals surface area (Å²) in [6.45, 7) is 1.18. The smallest absolute Gasteiger partial charge is 0.253 e. The molecule has 2 aromatic rings. The van der Waals surface area contributed by atoms with Crippen molar-refractivity contribution in [1.82, 2.24) is 14.9 Å². The van der Waals surface area contributed by atoms with Crippen molar-refractivity contribution in [3.63, 3.8) is 0 Å². The molecular formula is C20H23FN4O3. The Labute approximate surface area is 162 Å². The van der Waals surface area contributed by atoms with E-state index in [1.165, 1.54) is 19.2 Å². The summed E-state index contributed by atoms with van der Waals surface area (Å²) in [5.41, 5.74) is 0.312. The van der Waals surface area contributed by atoms with Gasteiger partial charge >= 0.3 is 0 Å². The SMILES string of the molecule is COc1ccc(C(=O)N2C[C@H]3C[C@@H](Nc4cnccn4)[C@H](O)C[C@H]3C2)cc1F. The number of ether oxygens (including phenoxy) is 1. The van der Waals surface area contributed by atoms with Gasteiger partial charge in [-0.25, -0.2) is 9.37 Å². The van der Waals surface area contributed by atoms with Crippen LogP contribution in [0.4, 0.5) is 10.2 Å². The van der Waals surface area contributed by atoms with Crippen LogP contribution in [0.5, 0.6) is 5.75 Å². The summed E-state index contributed by atoms with van der Waals surface area (Å²) in [7, 11) is 1.39. The van der Waals surface area contributed by atoms with Crippen molar-refractivity contribution in [1.29, 1.82) is 0 Å². The first kappa shape index (κ1) is 18.6. The maximum atomic E-state index is 14.0. The molecule has 4 rings (SSSR count). The van der Waals surface area contributed by atoms with E-state index < -0.39 is 11.9 Å². The van der Waals surface area contributed by atoms with Gasteiger partial charge in [0.25, 0.3) is 5.91 Å². The van der Waals surface area contributed by atoms with Crippen LogP contribution < -0.4 is 10.1 Å². The van der Waals surface area contributed by atoms with E-state index in [0.717, 1.165) is 6.42 Å². The topological polar surface area (TPSA) is 87.6 Å². The number of aliphatic hydroxyl groups is 1. The van der Waals surface area contributed by atoms with E-state index in [1.807, 2.05) is 0 Å². The molecule has 0 unspecified atom stereocenters. The lowest BCUT2D eigenvalue weighted by Crippen LogP contribution is -2.43. The van der Waals surface area contributed by atoms with Gasteiger partial charge in [-0.05, 0) is 42.9 Å². The van der Waals surface area contributed by atoms with Crippen molar-refractivity contribution >= 4 is 11.7 Å². The molecule has 1 amide bonds. The summed E-state index contributed by atoms with van der Waals surface area (Å²) in [5, 5.41) is 13.8. The first-order chi connectivity index (χ1) is 13.5. The predicted octanol–water partition coefficient (Wildman–Crippen LogP) is 1.95. The average molecular weight is 386 g/mol. The van der Waals surface area contributed by atoms with Gasteiger partial charge in [0.15, 0.2) is 11.6 Å². The number of aromatic nitrogens is 2. The number of methoxy groups -OCH3 is 1. The van der Waals surface area contributed by atoms with Crippen LogP contribution in [0.2, 0.25) is 0 Å². The number of nitrogens with one attached hydrogen (secondary N) is 1. The third-order valence-corrected chi connectivity index (χ3v) is 5.72. The second-order valence-corrected chi connectivity index (χ2v) is 7.46. The molecule has 2 aliphatic rings. The number of anilines is 1. The van der Waals surface area contributed by atoms with E-state index in [9.17, 15) is 14.3 Å². The van der Waals surface area contributed by atoms with Gasteiger partial charge in [0.2, 0.25) is 0 Å². The molecule has 1 aromatic carbocycles. The zero-order valence-electron chi connectivity index (χ0n) is 15.6. The fourth-order valence-corrected chi connectivity index (χ4v) is 4.30. The van der Waals surface area contributed by atoms with E-state index in [2.05, 4.69) is 15.3 Å². The van der Waals surface area contributed by atoms with Gasteiger partial charge < -0.3 is 20.1 Å². The van der Waals surface area contributed by atoms with Crippen molar-refractivity contribution in [3.05, 3.63) is 48.2 Å². The summed E-state index contributed by atoms with van der Waals surface area (Å²) in [6, 6.07) is 4.14. The van der Waals surface area contributed by atoms with E-state index in [1.54, 1.807) is 29.6 Å². The molecule has 148 valence electrons. The number of hydrogen-bond acceptors (Lipinski definition) is 6. The molecular weight excluding hydrogens is 363 g/mol. The highest BCUT2D eigenvalue weighted by atomic mass is 19.1. The number of nitrogens with zero attached hydrogens (tertiary/aromatic N) is 3. The molecule has 0 radical (unpaired) electrons. The minimum absolute atomic E-state index is 0.118. The van der Waals surface area contributed by atoms with E-state index in [-0.39, 0.29) is 29.5 Å². The molecule has 8 heteroatoms. The molecule has 1 aromatic heterocycles. The Balaban J connectivity index is 1.43. The van der Waals surface area contributed by atoms with Crippen molar-refractivity contribution in [3.8, 4) is 5.75 Å². The fourth-order valence-electron chi connectivity index (χ4n) is 4.30. The maximum absolute atomic E-state index is 14.0. The van der Waals surface area contributed by atoms with Crippen LogP contribution in [-0.2, 0) is 0 Å². The molecule has 4 atom stereocenters. The standard InChI is InChI=1S/C20H23FN4O3/c1-28-18-3-2-12(6-15(18)21)20(27)25-10-13-7-16(17(26)8-14(13)11-25)24-19-9-22-4-5-23-19/h2-6,9,13-14,16-17,26H,7-8,10-11H2,1H3,(H,23,24)/t13-,14+,16-,17-/m1/s1. The Bertz CT molecular complexity index is 851. The Morgan fingerprint density at radius 1 is 1.29 bits per heavy atom. The molecule has 2 N–H and O–H groups in total. The van der Waals surface area contributed by atoms with Crippen LogP contribution in [0.25, 0.3) is 0 Å². The van der Waals surface area contributed by atoms with Crippen LogP contribution in [-0.4, -0.2) is 58.2 Å². The summed E-state index contributed by atoms with van der Waals surface area (Å²) in [4.78, 5) is 22.8. The number of rotatable bonds is 4. The molecule has 0 bridgehead atoms. The summed E-state index contributed by atoms with van der Waals surface area (Å²) in [5.74, 6) is 0.529. The number of fused-ring (bicyclic) bond motifs is 1. The first-order valence-corrected chi connectivity index (χ1v) is 9.38. The number of carbonyl (C=O) groups excluding carboxylic acids is 1. The Hall–Kier alpha value is -2.74. The van der Waals surface area contributed by atoms with Crippen molar-refractivity contribution in [2.24, 2.45) is 11.8 Å². The van der Waals surface area contributed by atoms with Gasteiger partial charge in [0.05, 0.1) is 25.5 Å². The molecule has 2 heterocycles. The van der Waals surface area contributed by atoms with Gasteiger partial charge in [-0.2, -0.15) is 0 Å². The van der Waals surface area contributed by atoms with E-state index >= 15 is 0 Å². The number of hydrogen-bond donors (Lipinski definition) is 2. The molecule has 1 aliphatic heterocycles. The highest BCUT2D eigenvalue weighted by molar-refractivity contribution is 5.94. The Kier molecular flexibility index (Phi) is 5.13. The number of benzene rings is 1. The minimum Gasteiger partial charge on any atom is -0.494 e. The lowest BCUT2D eigenvalue weighted by molar-refractivity contribution is 0.0727. The molecule has 1 saturated heterocycles. The second kappa shape index (κ2) is 7.71. The van der Waals surface area contributed by atoms with Crippen LogP contribution in [0.15, 0.2) is 36.8 Å². The van der Waals surface area contributed by atoms with Crippen LogP contribution in [0, 0.1) is 17.7 Å². The Morgan fingerprint density at radius 2 is 2.07 bits per heavy atom. The molecule has 0 spiro atoms. The predicted molar refractivity (Wildman–Crippen MR) is 101 cm³/mol. The highest BCUT2D eigenvalue weighted by Crippen LogP contribution is 2.38. The van der Waals surface area contributed by atoms with Gasteiger partial charge in [0.1, 0.15) is 5.82 Å². The highest BCUT2D eigenvalue weighted by Gasteiger charge is 2.43. The average Bonchev–Trinajstić information content (AvgIpc) is 3.11. The lowest BCUT2D eigenvalue weighted by atomic mass is 9.77. The molecule has 1 aliphatic carbocycles. The quantitative estimate of drug-likeness (QED) is 0.835. The fraction of sp³-hybridized carbons (Fsp3) is 0.450. The Morgan fingerprint density at radius 3 is 2.75 bits per heavy atom. The summed E-state index contributed by atoms with van der Waals surface area (Å²) >= 11 is 0. The third-order valence-electron chi connectivity index (χ3n) is 5.72. The third kappa shape index (κ3) is 3.64. The number of amides is 1. The minimum atomic E-state index is -0.548. The molecule has 7 nitrogen and oxygen atoms in total. The van der Waals surface area contributed by atoms with Crippen molar-refractivity contribution in [2.75, 3.05) is 25.5 Å². The molecule has 28 heavy (non-hydrogen) atoms. The second-order valence-electron chi connectivity index (χ2n) is 7.46. The van der Waals surface area contributed by atoms with Crippen LogP contribution in [0.1, 0.15) is 23.2 Å². The number of halogens is 1. The largest absolute Gasteiger partial charge is 0.494 e. The lowest BCUT2D eigenvalue weighted by Gasteiger charge is -2.35. The number of likely N-dealkylation sites (tertiary alicyclic amines) is 1. The van der Waals surface area contributed by atoms with Crippen LogP contribution in [0.3, 0.4) is 0 Å². The maximum Gasteiger partial charge on any atom is 0.253 e. The van der Waals surface area contributed by atoms with E-state index in [4.69, 9.17) is 4.74 Å². The monoisotopic (exact) mass is 386 g/mol. The van der Waals surface area contributed by atoms with E-state index in [0.29, 0.717) is 30.9 Å². The molecule has 2 fully saturated rings. The van der Waals surface area contributed by atoms with Crippen molar-refractivity contribution < 1.29 is 19.0 Å². The zero-order chi connectivity index (χ0) is 19.7. The van der Waals surface area contributed by atoms with Crippen molar-refractivity contribution in [2.45, 2.75) is 25.0 Å². The summed E-state index contributed by atoms with van der Waals surface area (Å²) in [6.07, 6.45) is 5.66. The first-order valence-electron chi connectivity index (χ1n) is 9.38. The van der Waals surface area contributed by atoms with Gasteiger partial charge in [-0.1, -0.05) is 0 Å². The van der Waals surface area contributed by atoms with Gasteiger partial charge in [0, 0.05) is 31.0 Å². The van der Waals surface area contributed by atoms with Crippen LogP contribution >= 0.6 is 0 Å². The van der Waals surface area contributed by atoms with Gasteiger partial charge in [-0.15, -0.1) is 0 Å². The van der Waals surface area contributed by atoms with Gasteiger partial charge in [-0.3, -0.25) is 9.78 Å².